The number of benzene rings is 1. The molecule has 0 radical (unpaired) electrons. The fourth-order valence-electron chi connectivity index (χ4n) is 3.98. The van der Waals surface area contributed by atoms with E-state index in [1.54, 1.807) is 0 Å². The van der Waals surface area contributed by atoms with Gasteiger partial charge in [-0.15, -0.1) is 11.8 Å². The van der Waals surface area contributed by atoms with Gasteiger partial charge in [0.05, 0.1) is 11.0 Å². The van der Waals surface area contributed by atoms with Crippen LogP contribution < -0.4 is 0 Å². The first-order valence-electron chi connectivity index (χ1n) is 10.1. The topological polar surface area (TPSA) is 33.4 Å². The molecule has 1 fully saturated rings. The minimum Gasteiger partial charge on any atom is -0.303 e. The van der Waals surface area contributed by atoms with Crippen molar-refractivity contribution in [2.24, 2.45) is 0 Å². The molecule has 1 aliphatic rings. The van der Waals surface area contributed by atoms with Crippen LogP contribution in [-0.4, -0.2) is 44.7 Å². The van der Waals surface area contributed by atoms with Crippen molar-refractivity contribution in [3.05, 3.63) is 60.7 Å². The molecule has 0 bridgehead atoms. The molecule has 5 rings (SSSR count). The molecular weight excluding hydrogens is 364 g/mol. The lowest BCUT2D eigenvalue weighted by molar-refractivity contribution is 0.242. The van der Waals surface area contributed by atoms with Crippen molar-refractivity contribution in [1.82, 2.24) is 19.3 Å². The van der Waals surface area contributed by atoms with Crippen LogP contribution in [0.15, 0.2) is 65.7 Å². The maximum atomic E-state index is 4.92. The first-order chi connectivity index (χ1) is 13.9. The van der Waals surface area contributed by atoms with E-state index in [0.717, 1.165) is 40.4 Å². The van der Waals surface area contributed by atoms with Crippen LogP contribution in [0.4, 0.5) is 0 Å². The summed E-state index contributed by atoms with van der Waals surface area (Å²) in [5.41, 5.74) is 4.31. The molecule has 5 heteroatoms. The van der Waals surface area contributed by atoms with Crippen LogP contribution in [0.25, 0.3) is 28.1 Å². The zero-order valence-electron chi connectivity index (χ0n) is 15.9. The van der Waals surface area contributed by atoms with Crippen molar-refractivity contribution in [2.45, 2.75) is 24.3 Å². The highest BCUT2D eigenvalue weighted by atomic mass is 32.2. The maximum absolute atomic E-state index is 4.92. The number of likely N-dealkylation sites (tertiary alicyclic amines) is 1. The molecule has 0 amide bonds. The molecule has 2 aromatic heterocycles. The van der Waals surface area contributed by atoms with Crippen molar-refractivity contribution in [3.8, 4) is 11.3 Å². The summed E-state index contributed by atoms with van der Waals surface area (Å²) in [6, 6.07) is 20.8. The van der Waals surface area contributed by atoms with E-state index in [1.807, 2.05) is 23.9 Å². The van der Waals surface area contributed by atoms with Crippen LogP contribution in [0, 0.1) is 0 Å². The van der Waals surface area contributed by atoms with E-state index >= 15 is 0 Å². The monoisotopic (exact) mass is 388 g/mol. The fraction of sp³-hybridized carbons (Fsp3) is 0.304. The number of hydrogen-bond donors (Lipinski definition) is 0. The van der Waals surface area contributed by atoms with Crippen molar-refractivity contribution < 1.29 is 0 Å². The average Bonchev–Trinajstić information content (AvgIpc) is 3.16. The molecule has 1 aliphatic heterocycles. The summed E-state index contributed by atoms with van der Waals surface area (Å²) in [7, 11) is 0. The maximum Gasteiger partial charge on any atom is 0.236 e. The normalized spacial score (nSPS) is 15.4. The molecule has 142 valence electrons. The number of rotatable bonds is 5. The Kier molecular flexibility index (Phi) is 5.02. The number of nitrogens with zero attached hydrogens (tertiary/aromatic N) is 4. The molecule has 2 aromatic carbocycles. The van der Waals surface area contributed by atoms with Gasteiger partial charge in [-0.2, -0.15) is 0 Å². The predicted octanol–water partition coefficient (Wildman–Crippen LogP) is 5.13. The molecule has 0 atom stereocenters. The second kappa shape index (κ2) is 7.94. The third kappa shape index (κ3) is 3.40. The summed E-state index contributed by atoms with van der Waals surface area (Å²) in [6.45, 7) is 3.61. The van der Waals surface area contributed by atoms with Gasteiger partial charge >= 0.3 is 0 Å². The van der Waals surface area contributed by atoms with E-state index in [0.29, 0.717) is 0 Å². The Labute approximate surface area is 169 Å². The van der Waals surface area contributed by atoms with Gasteiger partial charge in [0.25, 0.3) is 0 Å². The SMILES string of the molecule is c1ccc(-c2nc3nc4cccccc4n3c2SCCN2CCCCC2)cc1. The van der Waals surface area contributed by atoms with Gasteiger partial charge in [-0.05, 0) is 38.1 Å². The summed E-state index contributed by atoms with van der Waals surface area (Å²) >= 11 is 1.91. The molecule has 0 aliphatic carbocycles. The second-order valence-corrected chi connectivity index (χ2v) is 8.39. The highest BCUT2D eigenvalue weighted by Crippen LogP contribution is 2.34. The Bertz CT molecular complexity index is 1080. The largest absolute Gasteiger partial charge is 0.303 e. The van der Waals surface area contributed by atoms with Crippen LogP contribution in [0.2, 0.25) is 0 Å². The number of imidazole rings is 2. The molecule has 3 heterocycles. The summed E-state index contributed by atoms with van der Waals surface area (Å²) < 4.78 is 2.23. The van der Waals surface area contributed by atoms with E-state index in [9.17, 15) is 0 Å². The van der Waals surface area contributed by atoms with Crippen molar-refractivity contribution in [3.63, 3.8) is 0 Å². The first-order valence-corrected chi connectivity index (χ1v) is 11.1. The lowest BCUT2D eigenvalue weighted by Crippen LogP contribution is -2.31. The minimum atomic E-state index is 0.792. The van der Waals surface area contributed by atoms with E-state index in [4.69, 9.17) is 9.97 Å². The van der Waals surface area contributed by atoms with E-state index in [-0.39, 0.29) is 0 Å². The molecule has 1 saturated heterocycles. The Morgan fingerprint density at radius 2 is 1.57 bits per heavy atom. The molecule has 0 saturated carbocycles. The number of thioether (sulfide) groups is 1. The summed E-state index contributed by atoms with van der Waals surface area (Å²) in [5, 5.41) is 1.20. The highest BCUT2D eigenvalue weighted by molar-refractivity contribution is 7.99. The quantitative estimate of drug-likeness (QED) is 0.444. The Balaban J connectivity index is 1.54. The average molecular weight is 389 g/mol. The van der Waals surface area contributed by atoms with Gasteiger partial charge in [0, 0.05) is 17.9 Å². The summed E-state index contributed by atoms with van der Waals surface area (Å²) in [6.07, 6.45) is 4.06. The van der Waals surface area contributed by atoms with Crippen LogP contribution in [-0.2, 0) is 0 Å². The second-order valence-electron chi connectivity index (χ2n) is 7.31. The van der Waals surface area contributed by atoms with Gasteiger partial charge in [-0.1, -0.05) is 55.0 Å². The fourth-order valence-corrected chi connectivity index (χ4v) is 5.13. The first kappa shape index (κ1) is 17.7. The number of piperidine rings is 1. The van der Waals surface area contributed by atoms with E-state index < -0.39 is 0 Å². The standard InChI is InChI=1S/C23H24N4S/c1-4-10-18(11-5-1)21-22(28-17-16-26-14-8-3-9-15-26)27-20-13-7-2-6-12-19(20)24-23(27)25-21/h1-2,4-7,10-13H,3,8-9,14-17H2. The zero-order valence-corrected chi connectivity index (χ0v) is 16.7. The Morgan fingerprint density at radius 1 is 0.821 bits per heavy atom. The summed E-state index contributed by atoms with van der Waals surface area (Å²) in [4.78, 5) is 12.3. The van der Waals surface area contributed by atoms with Crippen molar-refractivity contribution >= 4 is 28.6 Å². The molecule has 0 unspecified atom stereocenters. The lowest BCUT2D eigenvalue weighted by atomic mass is 10.1. The van der Waals surface area contributed by atoms with Crippen LogP contribution in [0.1, 0.15) is 19.3 Å². The molecule has 4 aromatic rings. The van der Waals surface area contributed by atoms with E-state index in [2.05, 4.69) is 57.8 Å². The number of fused-ring (bicyclic) bond motifs is 3. The van der Waals surface area contributed by atoms with Crippen molar-refractivity contribution in [1.29, 1.82) is 0 Å². The molecule has 0 N–H and O–H groups in total. The van der Waals surface area contributed by atoms with Gasteiger partial charge in [-0.3, -0.25) is 4.40 Å². The van der Waals surface area contributed by atoms with Gasteiger partial charge in [0.2, 0.25) is 5.78 Å². The van der Waals surface area contributed by atoms with Crippen LogP contribution in [0.3, 0.4) is 0 Å². The molecule has 28 heavy (non-hydrogen) atoms. The zero-order chi connectivity index (χ0) is 18.8. The molecular formula is C23H24N4S. The van der Waals surface area contributed by atoms with Gasteiger partial charge in [0.1, 0.15) is 10.7 Å². The minimum absolute atomic E-state index is 0.792. The van der Waals surface area contributed by atoms with Crippen LogP contribution in [0.5, 0.6) is 0 Å². The number of aromatic nitrogens is 3. The van der Waals surface area contributed by atoms with Gasteiger partial charge in [0.15, 0.2) is 0 Å². The molecule has 4 nitrogen and oxygen atoms in total. The van der Waals surface area contributed by atoms with Crippen molar-refractivity contribution in [2.75, 3.05) is 25.4 Å². The molecule has 0 spiro atoms. The smallest absolute Gasteiger partial charge is 0.236 e. The van der Waals surface area contributed by atoms with Gasteiger partial charge < -0.3 is 4.90 Å². The lowest BCUT2D eigenvalue weighted by Gasteiger charge is -2.26. The van der Waals surface area contributed by atoms with Gasteiger partial charge in [-0.25, -0.2) is 9.97 Å². The van der Waals surface area contributed by atoms with Crippen LogP contribution >= 0.6 is 11.8 Å². The predicted molar refractivity (Wildman–Crippen MR) is 117 cm³/mol. The summed E-state index contributed by atoms with van der Waals surface area (Å²) in [5.74, 6) is 1.86. The highest BCUT2D eigenvalue weighted by Gasteiger charge is 2.19. The number of hydrogen-bond acceptors (Lipinski definition) is 4. The third-order valence-corrected chi connectivity index (χ3v) is 6.45. The Morgan fingerprint density at radius 3 is 2.39 bits per heavy atom. The Hall–Kier alpha value is -2.37. The third-order valence-electron chi connectivity index (χ3n) is 5.41. The van der Waals surface area contributed by atoms with E-state index in [1.165, 1.54) is 37.4 Å².